The van der Waals surface area contributed by atoms with Crippen LogP contribution >= 0.6 is 0 Å². The summed E-state index contributed by atoms with van der Waals surface area (Å²) in [6, 6.07) is 0. The molecule has 2 heterocycles. The van der Waals surface area contributed by atoms with E-state index < -0.39 is 5.97 Å². The van der Waals surface area contributed by atoms with Crippen molar-refractivity contribution < 1.29 is 9.90 Å². The highest BCUT2D eigenvalue weighted by Gasteiger charge is 2.19. The van der Waals surface area contributed by atoms with Gasteiger partial charge in [-0.2, -0.15) is 0 Å². The van der Waals surface area contributed by atoms with Gasteiger partial charge in [0.2, 0.25) is 5.82 Å². The number of aromatic nitrogens is 2. The van der Waals surface area contributed by atoms with E-state index in [2.05, 4.69) is 14.9 Å². The van der Waals surface area contributed by atoms with Gasteiger partial charge in [-0.3, -0.25) is 4.90 Å². The lowest BCUT2D eigenvalue weighted by molar-refractivity contribution is 0.0683. The standard InChI is InChI=1S/C8H9N3O2/c1-11-3-5-2-9-7(8(12)13)10-6(5)4-11/h2H,3-4H2,1H3,(H,12,13). The van der Waals surface area contributed by atoms with Crippen molar-refractivity contribution in [2.75, 3.05) is 7.05 Å². The molecule has 0 saturated heterocycles. The van der Waals surface area contributed by atoms with E-state index in [0.717, 1.165) is 17.8 Å². The molecule has 2 rings (SSSR count). The Labute approximate surface area is 75.0 Å². The van der Waals surface area contributed by atoms with Gasteiger partial charge in [-0.15, -0.1) is 0 Å². The van der Waals surface area contributed by atoms with Crippen LogP contribution in [0.15, 0.2) is 6.20 Å². The summed E-state index contributed by atoms with van der Waals surface area (Å²) < 4.78 is 0. The van der Waals surface area contributed by atoms with Crippen LogP contribution in [-0.2, 0) is 13.1 Å². The summed E-state index contributed by atoms with van der Waals surface area (Å²) in [6.07, 6.45) is 1.59. The van der Waals surface area contributed by atoms with Gasteiger partial charge in [0.25, 0.3) is 0 Å². The Morgan fingerprint density at radius 1 is 1.62 bits per heavy atom. The van der Waals surface area contributed by atoms with Gasteiger partial charge in [0.05, 0.1) is 5.69 Å². The van der Waals surface area contributed by atoms with E-state index in [1.165, 1.54) is 0 Å². The number of carboxylic acid groups (broad SMARTS) is 1. The number of hydrogen-bond acceptors (Lipinski definition) is 4. The number of aromatic carboxylic acids is 1. The molecule has 1 aromatic rings. The zero-order chi connectivity index (χ0) is 9.42. The van der Waals surface area contributed by atoms with Crippen LogP contribution in [0.3, 0.4) is 0 Å². The number of carbonyl (C=O) groups is 1. The molecule has 0 amide bonds. The largest absolute Gasteiger partial charge is 0.475 e. The molecule has 1 aliphatic heterocycles. The fourth-order valence-corrected chi connectivity index (χ4v) is 1.42. The van der Waals surface area contributed by atoms with Crippen LogP contribution < -0.4 is 0 Å². The Morgan fingerprint density at radius 3 is 3.08 bits per heavy atom. The number of fused-ring (bicyclic) bond motifs is 1. The third-order valence-electron chi connectivity index (χ3n) is 2.01. The molecular weight excluding hydrogens is 170 g/mol. The lowest BCUT2D eigenvalue weighted by atomic mass is 10.3. The average molecular weight is 179 g/mol. The predicted molar refractivity (Wildman–Crippen MR) is 44.2 cm³/mol. The van der Waals surface area contributed by atoms with Crippen LogP contribution in [-0.4, -0.2) is 33.0 Å². The third-order valence-corrected chi connectivity index (χ3v) is 2.01. The lowest BCUT2D eigenvalue weighted by Gasteiger charge is -2.01. The first-order valence-electron chi connectivity index (χ1n) is 3.93. The summed E-state index contributed by atoms with van der Waals surface area (Å²) in [5, 5.41) is 8.64. The highest BCUT2D eigenvalue weighted by atomic mass is 16.4. The molecule has 5 nitrogen and oxygen atoms in total. The van der Waals surface area contributed by atoms with Crippen molar-refractivity contribution in [3.05, 3.63) is 23.3 Å². The monoisotopic (exact) mass is 179 g/mol. The summed E-state index contributed by atoms with van der Waals surface area (Å²) in [5.41, 5.74) is 1.85. The summed E-state index contributed by atoms with van der Waals surface area (Å²) in [7, 11) is 1.96. The van der Waals surface area contributed by atoms with Crippen molar-refractivity contribution in [2.45, 2.75) is 13.1 Å². The number of rotatable bonds is 1. The van der Waals surface area contributed by atoms with E-state index in [9.17, 15) is 4.79 Å². The van der Waals surface area contributed by atoms with E-state index in [4.69, 9.17) is 5.11 Å². The number of carboxylic acids is 1. The topological polar surface area (TPSA) is 66.3 Å². The zero-order valence-corrected chi connectivity index (χ0v) is 7.19. The van der Waals surface area contributed by atoms with Gasteiger partial charge in [0, 0.05) is 24.8 Å². The van der Waals surface area contributed by atoms with Crippen LogP contribution in [0.4, 0.5) is 0 Å². The molecule has 0 atom stereocenters. The summed E-state index contributed by atoms with van der Waals surface area (Å²) >= 11 is 0. The minimum Gasteiger partial charge on any atom is -0.475 e. The van der Waals surface area contributed by atoms with Crippen molar-refractivity contribution in [1.82, 2.24) is 14.9 Å². The first kappa shape index (κ1) is 8.12. The van der Waals surface area contributed by atoms with E-state index in [1.807, 2.05) is 7.05 Å². The number of nitrogens with zero attached hydrogens (tertiary/aromatic N) is 3. The van der Waals surface area contributed by atoms with Gasteiger partial charge in [-0.1, -0.05) is 0 Å². The SMILES string of the molecule is CN1Cc2cnc(C(=O)O)nc2C1. The Bertz CT molecular complexity index is 364. The van der Waals surface area contributed by atoms with Crippen LogP contribution in [0.25, 0.3) is 0 Å². The van der Waals surface area contributed by atoms with Crippen LogP contribution in [0.5, 0.6) is 0 Å². The second kappa shape index (κ2) is 2.77. The Balaban J connectivity index is 2.40. The zero-order valence-electron chi connectivity index (χ0n) is 7.19. The summed E-state index contributed by atoms with van der Waals surface area (Å²) in [5.74, 6) is -1.19. The van der Waals surface area contributed by atoms with Crippen LogP contribution in [0.2, 0.25) is 0 Å². The van der Waals surface area contributed by atoms with Gasteiger partial charge < -0.3 is 5.11 Å². The quantitative estimate of drug-likeness (QED) is 0.663. The normalized spacial score (nSPS) is 15.8. The Kier molecular flexibility index (Phi) is 1.73. The molecule has 13 heavy (non-hydrogen) atoms. The molecule has 1 aliphatic rings. The first-order chi connectivity index (χ1) is 6.16. The minimum atomic E-state index is -1.07. The molecule has 0 spiro atoms. The molecule has 5 heteroatoms. The molecule has 0 saturated carbocycles. The maximum atomic E-state index is 10.5. The molecule has 1 aromatic heterocycles. The second-order valence-electron chi connectivity index (χ2n) is 3.14. The van der Waals surface area contributed by atoms with Gasteiger partial charge in [0.1, 0.15) is 0 Å². The Morgan fingerprint density at radius 2 is 2.38 bits per heavy atom. The molecule has 1 N–H and O–H groups in total. The van der Waals surface area contributed by atoms with Crippen molar-refractivity contribution >= 4 is 5.97 Å². The van der Waals surface area contributed by atoms with E-state index in [0.29, 0.717) is 6.54 Å². The van der Waals surface area contributed by atoms with Crippen LogP contribution in [0, 0.1) is 0 Å². The molecule has 0 aliphatic carbocycles. The molecule has 0 unspecified atom stereocenters. The fraction of sp³-hybridized carbons (Fsp3) is 0.375. The van der Waals surface area contributed by atoms with E-state index >= 15 is 0 Å². The fourth-order valence-electron chi connectivity index (χ4n) is 1.42. The molecular formula is C8H9N3O2. The average Bonchev–Trinajstić information content (AvgIpc) is 2.42. The van der Waals surface area contributed by atoms with Gasteiger partial charge in [-0.05, 0) is 7.05 Å². The smallest absolute Gasteiger partial charge is 0.373 e. The van der Waals surface area contributed by atoms with E-state index in [1.54, 1.807) is 6.20 Å². The molecule has 0 bridgehead atoms. The van der Waals surface area contributed by atoms with Crippen LogP contribution in [0.1, 0.15) is 21.9 Å². The van der Waals surface area contributed by atoms with Gasteiger partial charge in [-0.25, -0.2) is 14.8 Å². The first-order valence-corrected chi connectivity index (χ1v) is 3.93. The third kappa shape index (κ3) is 1.38. The van der Waals surface area contributed by atoms with Gasteiger partial charge >= 0.3 is 5.97 Å². The molecule has 68 valence electrons. The van der Waals surface area contributed by atoms with Crippen molar-refractivity contribution in [2.24, 2.45) is 0 Å². The maximum Gasteiger partial charge on any atom is 0.373 e. The van der Waals surface area contributed by atoms with E-state index in [-0.39, 0.29) is 5.82 Å². The highest BCUT2D eigenvalue weighted by molar-refractivity contribution is 5.83. The second-order valence-corrected chi connectivity index (χ2v) is 3.14. The summed E-state index contributed by atoms with van der Waals surface area (Å²) in [6.45, 7) is 1.51. The van der Waals surface area contributed by atoms with Crippen molar-refractivity contribution in [1.29, 1.82) is 0 Å². The minimum absolute atomic E-state index is 0.117. The van der Waals surface area contributed by atoms with Crippen molar-refractivity contribution in [3.8, 4) is 0 Å². The van der Waals surface area contributed by atoms with Crippen molar-refractivity contribution in [3.63, 3.8) is 0 Å². The van der Waals surface area contributed by atoms with Gasteiger partial charge in [0.15, 0.2) is 0 Å². The predicted octanol–water partition coefficient (Wildman–Crippen LogP) is 0.120. The molecule has 0 radical (unpaired) electrons. The molecule has 0 aromatic carbocycles. The number of hydrogen-bond donors (Lipinski definition) is 1. The Hall–Kier alpha value is -1.49. The molecule has 0 fully saturated rings. The highest BCUT2D eigenvalue weighted by Crippen LogP contribution is 2.17. The summed E-state index contributed by atoms with van der Waals surface area (Å²) in [4.78, 5) is 20.3. The maximum absolute atomic E-state index is 10.5. The lowest BCUT2D eigenvalue weighted by Crippen LogP contribution is -2.08.